The van der Waals surface area contributed by atoms with Crippen molar-refractivity contribution in [3.8, 4) is 16.9 Å². The molecule has 0 spiro atoms. The third kappa shape index (κ3) is 3.60. The van der Waals surface area contributed by atoms with Crippen molar-refractivity contribution in [1.29, 1.82) is 0 Å². The number of hydrogen-bond donors (Lipinski definition) is 1. The number of rotatable bonds is 5. The lowest BCUT2D eigenvalue weighted by Crippen LogP contribution is -2.05. The second-order valence-corrected chi connectivity index (χ2v) is 6.70. The lowest BCUT2D eigenvalue weighted by molar-refractivity contribution is -0.136. The molecule has 0 saturated carbocycles. The van der Waals surface area contributed by atoms with Crippen LogP contribution in [0.4, 0.5) is 0 Å². The Morgan fingerprint density at radius 1 is 1.08 bits per heavy atom. The first-order valence-electron chi connectivity index (χ1n) is 7.80. The first-order chi connectivity index (χ1) is 11.5. The number of halogens is 1. The number of carboxylic acids is 1. The minimum atomic E-state index is -0.783. The molecule has 0 aliphatic rings. The summed E-state index contributed by atoms with van der Waals surface area (Å²) in [7, 11) is 0. The van der Waals surface area contributed by atoms with Gasteiger partial charge in [0.2, 0.25) is 0 Å². The fraction of sp³-hybridized carbons (Fsp3) is 0.150. The van der Waals surface area contributed by atoms with Gasteiger partial charge in [-0.05, 0) is 49.2 Å². The zero-order valence-electron chi connectivity index (χ0n) is 13.4. The molecule has 122 valence electrons. The monoisotopic (exact) mass is 383 g/mol. The van der Waals surface area contributed by atoms with E-state index >= 15 is 0 Å². The predicted molar refractivity (Wildman–Crippen MR) is 99.6 cm³/mol. The Hall–Kier alpha value is -2.33. The molecule has 0 aliphatic carbocycles. The van der Waals surface area contributed by atoms with Gasteiger partial charge in [-0.3, -0.25) is 4.79 Å². The summed E-state index contributed by atoms with van der Waals surface area (Å²) >= 11 is 3.52. The quantitative estimate of drug-likeness (QED) is 0.654. The minimum absolute atomic E-state index is 0.116. The summed E-state index contributed by atoms with van der Waals surface area (Å²) in [5, 5.41) is 9.02. The van der Waals surface area contributed by atoms with Gasteiger partial charge in [-0.15, -0.1) is 0 Å². The Morgan fingerprint density at radius 2 is 1.83 bits per heavy atom. The van der Waals surface area contributed by atoms with Crippen LogP contribution in [0.3, 0.4) is 0 Å². The Balaban J connectivity index is 2.12. The summed E-state index contributed by atoms with van der Waals surface area (Å²) in [6.45, 7) is 2.06. The fourth-order valence-corrected chi connectivity index (χ4v) is 3.17. The molecule has 0 saturated heterocycles. The first kappa shape index (κ1) is 16.5. The van der Waals surface area contributed by atoms with E-state index in [1.165, 1.54) is 5.56 Å². The molecular formula is C20H18BrNO2. The van der Waals surface area contributed by atoms with Gasteiger partial charge in [0.25, 0.3) is 0 Å². The summed E-state index contributed by atoms with van der Waals surface area (Å²) in [5.74, 6) is -0.783. The van der Waals surface area contributed by atoms with E-state index in [0.29, 0.717) is 6.42 Å². The molecule has 3 rings (SSSR count). The van der Waals surface area contributed by atoms with Crippen molar-refractivity contribution in [2.45, 2.75) is 19.8 Å². The van der Waals surface area contributed by atoms with E-state index in [1.807, 2.05) is 30.3 Å². The largest absolute Gasteiger partial charge is 0.481 e. The number of carboxylic acid groups (broad SMARTS) is 1. The van der Waals surface area contributed by atoms with Gasteiger partial charge in [0.05, 0.1) is 12.1 Å². The van der Waals surface area contributed by atoms with Gasteiger partial charge in [-0.25, -0.2) is 0 Å². The second-order valence-electron chi connectivity index (χ2n) is 5.78. The lowest BCUT2D eigenvalue weighted by atomic mass is 10.1. The number of carbonyl (C=O) groups is 1. The zero-order valence-corrected chi connectivity index (χ0v) is 15.0. The van der Waals surface area contributed by atoms with Crippen LogP contribution in [0.25, 0.3) is 16.9 Å². The number of benzene rings is 2. The van der Waals surface area contributed by atoms with E-state index in [-0.39, 0.29) is 6.42 Å². The summed E-state index contributed by atoms with van der Waals surface area (Å²) in [5.41, 5.74) is 5.40. The van der Waals surface area contributed by atoms with Crippen molar-refractivity contribution in [2.24, 2.45) is 0 Å². The third-order valence-corrected chi connectivity index (χ3v) is 4.46. The average molecular weight is 384 g/mol. The smallest absolute Gasteiger partial charge is 0.303 e. The highest BCUT2D eigenvalue weighted by Gasteiger charge is 2.13. The Bertz CT molecular complexity index is 866. The minimum Gasteiger partial charge on any atom is -0.481 e. The molecule has 0 fully saturated rings. The molecule has 0 atom stereocenters. The third-order valence-electron chi connectivity index (χ3n) is 3.97. The maximum absolute atomic E-state index is 11.0. The van der Waals surface area contributed by atoms with Crippen molar-refractivity contribution >= 4 is 21.9 Å². The molecule has 1 aromatic heterocycles. The molecule has 0 unspecified atom stereocenters. The van der Waals surface area contributed by atoms with Gasteiger partial charge < -0.3 is 9.67 Å². The molecule has 4 heteroatoms. The SMILES string of the molecule is Cc1ccc(-c2ccc(CCC(=O)O)n2-c2cccc(Br)c2)cc1. The van der Waals surface area contributed by atoms with Gasteiger partial charge in [0, 0.05) is 15.9 Å². The summed E-state index contributed by atoms with van der Waals surface area (Å²) < 4.78 is 3.13. The topological polar surface area (TPSA) is 42.2 Å². The molecule has 24 heavy (non-hydrogen) atoms. The number of nitrogens with zero attached hydrogens (tertiary/aromatic N) is 1. The Kier molecular flexibility index (Phi) is 4.86. The van der Waals surface area contributed by atoms with Crippen LogP contribution in [-0.2, 0) is 11.2 Å². The summed E-state index contributed by atoms with van der Waals surface area (Å²) in [6.07, 6.45) is 0.610. The van der Waals surface area contributed by atoms with Crippen molar-refractivity contribution in [3.05, 3.63) is 76.4 Å². The van der Waals surface area contributed by atoms with Crippen LogP contribution >= 0.6 is 15.9 Å². The van der Waals surface area contributed by atoms with E-state index in [9.17, 15) is 4.79 Å². The lowest BCUT2D eigenvalue weighted by Gasteiger charge is -2.14. The van der Waals surface area contributed by atoms with Gasteiger partial charge in [-0.1, -0.05) is 51.8 Å². The Morgan fingerprint density at radius 3 is 2.50 bits per heavy atom. The Labute approximate surface area is 149 Å². The van der Waals surface area contributed by atoms with Gasteiger partial charge in [-0.2, -0.15) is 0 Å². The second kappa shape index (κ2) is 7.05. The van der Waals surface area contributed by atoms with Crippen molar-refractivity contribution in [3.63, 3.8) is 0 Å². The van der Waals surface area contributed by atoms with E-state index in [1.54, 1.807) is 0 Å². The van der Waals surface area contributed by atoms with Crippen LogP contribution in [0.5, 0.6) is 0 Å². The molecule has 3 nitrogen and oxygen atoms in total. The maximum Gasteiger partial charge on any atom is 0.303 e. The number of aromatic nitrogens is 1. The molecule has 1 heterocycles. The van der Waals surface area contributed by atoms with Crippen molar-refractivity contribution < 1.29 is 9.90 Å². The summed E-state index contributed by atoms with van der Waals surface area (Å²) in [6, 6.07) is 20.5. The van der Waals surface area contributed by atoms with Crippen LogP contribution < -0.4 is 0 Å². The van der Waals surface area contributed by atoms with E-state index in [0.717, 1.165) is 27.1 Å². The molecular weight excluding hydrogens is 366 g/mol. The molecule has 0 aliphatic heterocycles. The van der Waals surface area contributed by atoms with E-state index < -0.39 is 5.97 Å². The molecule has 2 aromatic carbocycles. The number of hydrogen-bond acceptors (Lipinski definition) is 1. The fourth-order valence-electron chi connectivity index (χ4n) is 2.78. The van der Waals surface area contributed by atoms with Crippen molar-refractivity contribution in [2.75, 3.05) is 0 Å². The standard InChI is InChI=1S/C20H18BrNO2/c1-14-5-7-15(8-6-14)19-11-9-17(10-12-20(23)24)22(19)18-4-2-3-16(21)13-18/h2-9,11,13H,10,12H2,1H3,(H,23,24). The zero-order chi connectivity index (χ0) is 17.1. The highest BCUT2D eigenvalue weighted by molar-refractivity contribution is 9.10. The van der Waals surface area contributed by atoms with Crippen molar-refractivity contribution in [1.82, 2.24) is 4.57 Å². The molecule has 3 aromatic rings. The van der Waals surface area contributed by atoms with Crippen LogP contribution in [0.1, 0.15) is 17.7 Å². The van der Waals surface area contributed by atoms with Gasteiger partial charge >= 0.3 is 5.97 Å². The van der Waals surface area contributed by atoms with Crippen LogP contribution in [-0.4, -0.2) is 15.6 Å². The maximum atomic E-state index is 11.0. The molecule has 0 bridgehead atoms. The van der Waals surface area contributed by atoms with Crippen LogP contribution in [0.15, 0.2) is 65.1 Å². The van der Waals surface area contributed by atoms with Crippen LogP contribution in [0.2, 0.25) is 0 Å². The number of aryl methyl sites for hydroxylation is 2. The normalized spacial score (nSPS) is 10.8. The van der Waals surface area contributed by atoms with E-state index in [4.69, 9.17) is 5.11 Å². The predicted octanol–water partition coefficient (Wildman–Crippen LogP) is 5.23. The first-order valence-corrected chi connectivity index (χ1v) is 8.59. The molecule has 1 N–H and O–H groups in total. The van der Waals surface area contributed by atoms with Gasteiger partial charge in [0.15, 0.2) is 0 Å². The summed E-state index contributed by atoms with van der Waals surface area (Å²) in [4.78, 5) is 11.0. The highest BCUT2D eigenvalue weighted by Crippen LogP contribution is 2.29. The number of aliphatic carboxylic acids is 1. The van der Waals surface area contributed by atoms with E-state index in [2.05, 4.69) is 57.8 Å². The average Bonchev–Trinajstić information content (AvgIpc) is 2.97. The molecule has 0 radical (unpaired) electrons. The van der Waals surface area contributed by atoms with Gasteiger partial charge in [0.1, 0.15) is 0 Å². The molecule has 0 amide bonds. The highest BCUT2D eigenvalue weighted by atomic mass is 79.9. The van der Waals surface area contributed by atoms with Crippen LogP contribution in [0, 0.1) is 6.92 Å².